The molecule has 0 bridgehead atoms. The van der Waals surface area contributed by atoms with Gasteiger partial charge in [0.05, 0.1) is 0 Å². The highest BCUT2D eigenvalue weighted by molar-refractivity contribution is 5.44. The predicted molar refractivity (Wildman–Crippen MR) is 54.3 cm³/mol. The van der Waals surface area contributed by atoms with Gasteiger partial charge in [0.15, 0.2) is 0 Å². The third kappa shape index (κ3) is 3.67. The lowest BCUT2D eigenvalue weighted by molar-refractivity contribution is 0.00381. The van der Waals surface area contributed by atoms with Gasteiger partial charge in [-0.3, -0.25) is 0 Å². The molecule has 1 aromatic heterocycles. The van der Waals surface area contributed by atoms with Crippen molar-refractivity contribution in [2.45, 2.75) is 12.5 Å². The molecule has 0 aliphatic rings. The molecule has 6 heteroatoms. The number of nitrogens with zero attached hydrogens (tertiary/aromatic N) is 1. The normalized spacial score (nSPS) is 12.6. The van der Waals surface area contributed by atoms with Crippen molar-refractivity contribution in [2.24, 2.45) is 0 Å². The minimum atomic E-state index is -2.75. The van der Waals surface area contributed by atoms with Crippen LogP contribution in [0.5, 0.6) is 0 Å². The zero-order valence-corrected chi connectivity index (χ0v) is 8.24. The summed E-state index contributed by atoms with van der Waals surface area (Å²) < 4.78 is 23.9. The maximum absolute atomic E-state index is 12.0. The first kappa shape index (κ1) is 11.6. The van der Waals surface area contributed by atoms with Gasteiger partial charge in [0, 0.05) is 13.6 Å². The third-order valence-corrected chi connectivity index (χ3v) is 1.79. The number of anilines is 2. The van der Waals surface area contributed by atoms with Gasteiger partial charge in [-0.25, -0.2) is 13.8 Å². The Kier molecular flexibility index (Phi) is 4.23. The summed E-state index contributed by atoms with van der Waals surface area (Å²) in [5.74, 6) is 1.08. The number of halogens is 2. The van der Waals surface area contributed by atoms with E-state index in [0.717, 1.165) is 0 Å². The van der Waals surface area contributed by atoms with Crippen molar-refractivity contribution in [3.05, 3.63) is 18.2 Å². The van der Waals surface area contributed by atoms with Crippen molar-refractivity contribution in [2.75, 3.05) is 24.2 Å². The molecule has 1 unspecified atom stereocenters. The van der Waals surface area contributed by atoms with Crippen LogP contribution in [0.25, 0.3) is 0 Å². The topological polar surface area (TPSA) is 57.2 Å². The van der Waals surface area contributed by atoms with E-state index in [1.165, 1.54) is 0 Å². The van der Waals surface area contributed by atoms with Gasteiger partial charge >= 0.3 is 0 Å². The second-order valence-electron chi connectivity index (χ2n) is 2.94. The Balaban J connectivity index is 2.50. The molecule has 0 aliphatic carbocycles. The monoisotopic (exact) mass is 217 g/mol. The second kappa shape index (κ2) is 5.45. The lowest BCUT2D eigenvalue weighted by atomic mass is 10.3. The van der Waals surface area contributed by atoms with Gasteiger partial charge < -0.3 is 15.7 Å². The van der Waals surface area contributed by atoms with E-state index in [1.54, 1.807) is 25.2 Å². The fourth-order valence-corrected chi connectivity index (χ4v) is 0.971. The van der Waals surface area contributed by atoms with Gasteiger partial charge in [-0.05, 0) is 12.1 Å². The van der Waals surface area contributed by atoms with Gasteiger partial charge in [-0.2, -0.15) is 0 Å². The molecular weight excluding hydrogens is 204 g/mol. The molecule has 0 spiro atoms. The lowest BCUT2D eigenvalue weighted by Gasteiger charge is -2.11. The summed E-state index contributed by atoms with van der Waals surface area (Å²) in [6.07, 6.45) is -4.42. The molecule has 0 aromatic carbocycles. The minimum absolute atomic E-state index is 0.224. The molecule has 1 rings (SSSR count). The molecule has 3 N–H and O–H groups in total. The van der Waals surface area contributed by atoms with E-state index in [0.29, 0.717) is 11.6 Å². The first-order valence-electron chi connectivity index (χ1n) is 4.48. The Bertz CT molecular complexity index is 309. The summed E-state index contributed by atoms with van der Waals surface area (Å²) >= 11 is 0. The van der Waals surface area contributed by atoms with E-state index in [9.17, 15) is 8.78 Å². The zero-order valence-electron chi connectivity index (χ0n) is 8.24. The highest BCUT2D eigenvalue weighted by Crippen LogP contribution is 2.09. The zero-order chi connectivity index (χ0) is 11.3. The number of pyridine rings is 1. The number of aromatic nitrogens is 1. The smallest absolute Gasteiger partial charge is 0.265 e. The quantitative estimate of drug-likeness (QED) is 0.692. The molecule has 0 saturated heterocycles. The Morgan fingerprint density at radius 2 is 2.07 bits per heavy atom. The molecule has 1 aromatic rings. The van der Waals surface area contributed by atoms with Crippen LogP contribution in [-0.2, 0) is 0 Å². The van der Waals surface area contributed by atoms with Crippen LogP contribution in [0.4, 0.5) is 20.4 Å². The van der Waals surface area contributed by atoms with Gasteiger partial charge in [0.25, 0.3) is 6.43 Å². The first-order valence-corrected chi connectivity index (χ1v) is 4.48. The highest BCUT2D eigenvalue weighted by atomic mass is 19.3. The molecule has 1 heterocycles. The number of aliphatic hydroxyl groups excluding tert-OH is 1. The summed E-state index contributed by atoms with van der Waals surface area (Å²) in [6, 6.07) is 5.11. The summed E-state index contributed by atoms with van der Waals surface area (Å²) in [6.45, 7) is -0.224. The maximum Gasteiger partial charge on any atom is 0.265 e. The molecule has 4 nitrogen and oxygen atoms in total. The van der Waals surface area contributed by atoms with Crippen LogP contribution in [0.1, 0.15) is 0 Å². The molecule has 0 amide bonds. The largest absolute Gasteiger partial charge is 0.385 e. The number of alkyl halides is 2. The average molecular weight is 217 g/mol. The van der Waals surface area contributed by atoms with Crippen LogP contribution in [0.15, 0.2) is 18.2 Å². The SMILES string of the molecule is CNc1cccc(NCC(O)C(F)F)n1. The summed E-state index contributed by atoms with van der Waals surface area (Å²) in [7, 11) is 1.71. The molecular formula is C9H13F2N3O. The van der Waals surface area contributed by atoms with Crippen molar-refractivity contribution in [1.82, 2.24) is 4.98 Å². The Morgan fingerprint density at radius 1 is 1.40 bits per heavy atom. The van der Waals surface area contributed by atoms with Crippen molar-refractivity contribution in [3.63, 3.8) is 0 Å². The van der Waals surface area contributed by atoms with E-state index in [4.69, 9.17) is 5.11 Å². The van der Waals surface area contributed by atoms with Crippen LogP contribution in [0.3, 0.4) is 0 Å². The Labute approximate surface area is 86.3 Å². The Hall–Kier alpha value is -1.43. The minimum Gasteiger partial charge on any atom is -0.385 e. The van der Waals surface area contributed by atoms with E-state index >= 15 is 0 Å². The molecule has 84 valence electrons. The van der Waals surface area contributed by atoms with Crippen LogP contribution in [-0.4, -0.2) is 36.2 Å². The molecule has 0 fully saturated rings. The molecule has 0 saturated carbocycles. The maximum atomic E-state index is 12.0. The van der Waals surface area contributed by atoms with Crippen molar-refractivity contribution < 1.29 is 13.9 Å². The van der Waals surface area contributed by atoms with Crippen LogP contribution < -0.4 is 10.6 Å². The lowest BCUT2D eigenvalue weighted by Crippen LogP contribution is -2.27. The van der Waals surface area contributed by atoms with E-state index < -0.39 is 12.5 Å². The summed E-state index contributed by atoms with van der Waals surface area (Å²) in [5, 5.41) is 14.3. The highest BCUT2D eigenvalue weighted by Gasteiger charge is 2.16. The molecule has 0 aliphatic heterocycles. The number of nitrogens with one attached hydrogen (secondary N) is 2. The Morgan fingerprint density at radius 3 is 2.67 bits per heavy atom. The van der Waals surface area contributed by atoms with E-state index in [1.807, 2.05) is 0 Å². The number of hydrogen-bond acceptors (Lipinski definition) is 4. The van der Waals surface area contributed by atoms with Gasteiger partial charge in [-0.15, -0.1) is 0 Å². The van der Waals surface area contributed by atoms with E-state index in [-0.39, 0.29) is 6.54 Å². The second-order valence-corrected chi connectivity index (χ2v) is 2.94. The van der Waals surface area contributed by atoms with Crippen molar-refractivity contribution in [3.8, 4) is 0 Å². The molecule has 0 radical (unpaired) electrons. The van der Waals surface area contributed by atoms with Crippen LogP contribution in [0, 0.1) is 0 Å². The van der Waals surface area contributed by atoms with Crippen LogP contribution >= 0.6 is 0 Å². The number of rotatable bonds is 5. The van der Waals surface area contributed by atoms with Gasteiger partial charge in [0.2, 0.25) is 0 Å². The predicted octanol–water partition coefficient (Wildman–Crippen LogP) is 1.16. The summed E-state index contributed by atoms with van der Waals surface area (Å²) in [5.41, 5.74) is 0. The number of hydrogen-bond donors (Lipinski definition) is 3. The third-order valence-electron chi connectivity index (χ3n) is 1.79. The fourth-order valence-electron chi connectivity index (χ4n) is 0.971. The standard InChI is InChI=1S/C9H13F2N3O/c1-12-7-3-2-4-8(14-7)13-5-6(15)9(10)11/h2-4,6,9,15H,5H2,1H3,(H2,12,13,14). The fraction of sp³-hybridized carbons (Fsp3) is 0.444. The average Bonchev–Trinajstić information content (AvgIpc) is 2.26. The number of aliphatic hydroxyl groups is 1. The van der Waals surface area contributed by atoms with E-state index in [2.05, 4.69) is 15.6 Å². The van der Waals surface area contributed by atoms with Crippen LogP contribution in [0.2, 0.25) is 0 Å². The first-order chi connectivity index (χ1) is 7.13. The molecule has 15 heavy (non-hydrogen) atoms. The summed E-state index contributed by atoms with van der Waals surface area (Å²) in [4.78, 5) is 4.04. The molecule has 1 atom stereocenters. The van der Waals surface area contributed by atoms with Gasteiger partial charge in [0.1, 0.15) is 17.7 Å². The van der Waals surface area contributed by atoms with Gasteiger partial charge in [-0.1, -0.05) is 6.07 Å². The van der Waals surface area contributed by atoms with Crippen molar-refractivity contribution in [1.29, 1.82) is 0 Å². The van der Waals surface area contributed by atoms with Crippen molar-refractivity contribution >= 4 is 11.6 Å².